The number of methoxy groups -OCH3 is 1. The topological polar surface area (TPSA) is 30.5 Å². The molecule has 0 aliphatic heterocycles. The standard InChI is InChI=1S/C11H24ClNO2/c1-10(9-12)11(2)13-5-8-15-7-4-6-14-3/h10-11,13H,4-9H2,1-3H3. The Balaban J connectivity index is 3.16. The highest BCUT2D eigenvalue weighted by atomic mass is 35.5. The second-order valence-electron chi connectivity index (χ2n) is 3.83. The van der Waals surface area contributed by atoms with Crippen LogP contribution in [-0.2, 0) is 9.47 Å². The van der Waals surface area contributed by atoms with Gasteiger partial charge in [0.05, 0.1) is 6.61 Å². The highest BCUT2D eigenvalue weighted by molar-refractivity contribution is 6.18. The number of rotatable bonds is 10. The van der Waals surface area contributed by atoms with Crippen LogP contribution < -0.4 is 5.32 Å². The number of alkyl halides is 1. The van der Waals surface area contributed by atoms with Gasteiger partial charge in [-0.25, -0.2) is 0 Å². The van der Waals surface area contributed by atoms with Gasteiger partial charge in [-0.05, 0) is 19.3 Å². The van der Waals surface area contributed by atoms with Crippen LogP contribution in [0.4, 0.5) is 0 Å². The summed E-state index contributed by atoms with van der Waals surface area (Å²) in [5.41, 5.74) is 0. The predicted octanol–water partition coefficient (Wildman–Crippen LogP) is 1.89. The summed E-state index contributed by atoms with van der Waals surface area (Å²) in [7, 11) is 1.71. The van der Waals surface area contributed by atoms with Gasteiger partial charge >= 0.3 is 0 Å². The van der Waals surface area contributed by atoms with Gasteiger partial charge in [-0.2, -0.15) is 0 Å². The van der Waals surface area contributed by atoms with E-state index in [4.69, 9.17) is 21.1 Å². The Morgan fingerprint density at radius 1 is 1.20 bits per heavy atom. The van der Waals surface area contributed by atoms with E-state index >= 15 is 0 Å². The summed E-state index contributed by atoms with van der Waals surface area (Å²) in [6, 6.07) is 0.449. The quantitative estimate of drug-likeness (QED) is 0.465. The van der Waals surface area contributed by atoms with Crippen LogP contribution in [0, 0.1) is 5.92 Å². The van der Waals surface area contributed by atoms with Crippen LogP contribution in [-0.4, -0.2) is 45.4 Å². The molecule has 0 rings (SSSR count). The van der Waals surface area contributed by atoms with E-state index in [2.05, 4.69) is 19.2 Å². The zero-order valence-corrected chi connectivity index (χ0v) is 10.8. The van der Waals surface area contributed by atoms with Crippen molar-refractivity contribution in [3.8, 4) is 0 Å². The van der Waals surface area contributed by atoms with Gasteiger partial charge in [0.15, 0.2) is 0 Å². The molecule has 1 N–H and O–H groups in total. The Labute approximate surface area is 98.5 Å². The fourth-order valence-corrected chi connectivity index (χ4v) is 1.37. The van der Waals surface area contributed by atoms with Gasteiger partial charge in [0.1, 0.15) is 0 Å². The largest absolute Gasteiger partial charge is 0.385 e. The molecular weight excluding hydrogens is 214 g/mol. The smallest absolute Gasteiger partial charge is 0.0591 e. The molecule has 0 aromatic rings. The molecule has 0 heterocycles. The Bertz CT molecular complexity index is 136. The average Bonchev–Trinajstić information content (AvgIpc) is 2.26. The number of hydrogen-bond acceptors (Lipinski definition) is 3. The van der Waals surface area contributed by atoms with E-state index < -0.39 is 0 Å². The third-order valence-electron chi connectivity index (χ3n) is 2.45. The van der Waals surface area contributed by atoms with E-state index in [1.165, 1.54) is 0 Å². The van der Waals surface area contributed by atoms with Crippen LogP contribution in [0.1, 0.15) is 20.3 Å². The maximum Gasteiger partial charge on any atom is 0.0591 e. The Morgan fingerprint density at radius 2 is 1.93 bits per heavy atom. The molecule has 0 spiro atoms. The maximum absolute atomic E-state index is 5.76. The van der Waals surface area contributed by atoms with Crippen molar-refractivity contribution in [1.29, 1.82) is 0 Å². The lowest BCUT2D eigenvalue weighted by Crippen LogP contribution is -2.35. The van der Waals surface area contributed by atoms with E-state index in [-0.39, 0.29) is 0 Å². The fourth-order valence-electron chi connectivity index (χ4n) is 1.10. The zero-order valence-electron chi connectivity index (χ0n) is 10.1. The van der Waals surface area contributed by atoms with Crippen LogP contribution in [0.3, 0.4) is 0 Å². The Hall–Kier alpha value is 0.170. The molecule has 15 heavy (non-hydrogen) atoms. The third kappa shape index (κ3) is 9.12. The van der Waals surface area contributed by atoms with Crippen molar-refractivity contribution < 1.29 is 9.47 Å². The number of nitrogens with one attached hydrogen (secondary N) is 1. The molecule has 0 fully saturated rings. The van der Waals surface area contributed by atoms with Gasteiger partial charge in [-0.1, -0.05) is 6.92 Å². The normalized spacial score (nSPS) is 15.2. The Morgan fingerprint density at radius 3 is 2.53 bits per heavy atom. The molecular formula is C11H24ClNO2. The summed E-state index contributed by atoms with van der Waals surface area (Å²) in [4.78, 5) is 0. The van der Waals surface area contributed by atoms with Crippen LogP contribution in [0.2, 0.25) is 0 Å². The van der Waals surface area contributed by atoms with Crippen LogP contribution in [0.5, 0.6) is 0 Å². The first-order chi connectivity index (χ1) is 7.22. The van der Waals surface area contributed by atoms with E-state index in [1.807, 2.05) is 0 Å². The predicted molar refractivity (Wildman–Crippen MR) is 64.7 cm³/mol. The van der Waals surface area contributed by atoms with Crippen molar-refractivity contribution in [1.82, 2.24) is 5.32 Å². The molecule has 0 aliphatic carbocycles. The average molecular weight is 238 g/mol. The van der Waals surface area contributed by atoms with Crippen molar-refractivity contribution in [2.75, 3.05) is 39.4 Å². The second kappa shape index (κ2) is 10.7. The molecule has 2 unspecified atom stereocenters. The van der Waals surface area contributed by atoms with Crippen molar-refractivity contribution in [3.63, 3.8) is 0 Å². The van der Waals surface area contributed by atoms with Crippen LogP contribution >= 0.6 is 11.6 Å². The molecule has 3 nitrogen and oxygen atoms in total. The third-order valence-corrected chi connectivity index (χ3v) is 2.93. The van der Waals surface area contributed by atoms with Gasteiger partial charge in [-0.3, -0.25) is 0 Å². The first kappa shape index (κ1) is 15.2. The second-order valence-corrected chi connectivity index (χ2v) is 4.14. The first-order valence-corrected chi connectivity index (χ1v) is 6.11. The van der Waals surface area contributed by atoms with E-state index in [0.717, 1.165) is 32.8 Å². The van der Waals surface area contributed by atoms with Gasteiger partial charge < -0.3 is 14.8 Å². The minimum Gasteiger partial charge on any atom is -0.385 e. The first-order valence-electron chi connectivity index (χ1n) is 5.58. The molecule has 92 valence electrons. The minimum atomic E-state index is 0.449. The molecule has 2 atom stereocenters. The summed E-state index contributed by atoms with van der Waals surface area (Å²) in [5, 5.41) is 3.38. The summed E-state index contributed by atoms with van der Waals surface area (Å²) >= 11 is 5.76. The molecule has 0 saturated heterocycles. The van der Waals surface area contributed by atoms with E-state index in [9.17, 15) is 0 Å². The molecule has 4 heteroatoms. The summed E-state index contributed by atoms with van der Waals surface area (Å²) in [6.45, 7) is 7.47. The van der Waals surface area contributed by atoms with Crippen molar-refractivity contribution in [2.45, 2.75) is 26.3 Å². The van der Waals surface area contributed by atoms with E-state index in [0.29, 0.717) is 17.8 Å². The highest BCUT2D eigenvalue weighted by Gasteiger charge is 2.09. The minimum absolute atomic E-state index is 0.449. The van der Waals surface area contributed by atoms with E-state index in [1.54, 1.807) is 7.11 Å². The van der Waals surface area contributed by atoms with Crippen LogP contribution in [0.25, 0.3) is 0 Å². The van der Waals surface area contributed by atoms with Gasteiger partial charge in [0.25, 0.3) is 0 Å². The molecule has 0 saturated carbocycles. The maximum atomic E-state index is 5.76. The summed E-state index contributed by atoms with van der Waals surface area (Å²) in [6.07, 6.45) is 0.962. The summed E-state index contributed by atoms with van der Waals surface area (Å²) in [5.74, 6) is 1.20. The molecule has 0 radical (unpaired) electrons. The van der Waals surface area contributed by atoms with Gasteiger partial charge in [0.2, 0.25) is 0 Å². The van der Waals surface area contributed by atoms with Crippen molar-refractivity contribution >= 4 is 11.6 Å². The van der Waals surface area contributed by atoms with Crippen molar-refractivity contribution in [2.24, 2.45) is 5.92 Å². The summed E-state index contributed by atoms with van der Waals surface area (Å²) < 4.78 is 10.3. The van der Waals surface area contributed by atoms with Crippen LogP contribution in [0.15, 0.2) is 0 Å². The SMILES string of the molecule is COCCCOCCNC(C)C(C)CCl. The van der Waals surface area contributed by atoms with Gasteiger partial charge in [0, 0.05) is 38.8 Å². The number of ether oxygens (including phenoxy) is 2. The Kier molecular flexibility index (Phi) is 10.8. The lowest BCUT2D eigenvalue weighted by Gasteiger charge is -2.18. The number of halogens is 1. The lowest BCUT2D eigenvalue weighted by molar-refractivity contribution is 0.102. The fraction of sp³-hybridized carbons (Fsp3) is 1.00. The lowest BCUT2D eigenvalue weighted by atomic mass is 10.1. The molecule has 0 amide bonds. The highest BCUT2D eigenvalue weighted by Crippen LogP contribution is 2.03. The zero-order chi connectivity index (χ0) is 11.5. The van der Waals surface area contributed by atoms with Gasteiger partial charge in [-0.15, -0.1) is 11.6 Å². The molecule has 0 bridgehead atoms. The molecule has 0 aromatic carbocycles. The van der Waals surface area contributed by atoms with Crippen molar-refractivity contribution in [3.05, 3.63) is 0 Å². The molecule has 0 aliphatic rings. The monoisotopic (exact) mass is 237 g/mol. The number of hydrogen-bond donors (Lipinski definition) is 1. The molecule has 0 aromatic heterocycles.